The number of alkyl halides is 3. The summed E-state index contributed by atoms with van der Waals surface area (Å²) in [6, 6.07) is 13.0. The van der Waals surface area contributed by atoms with Crippen molar-refractivity contribution in [2.75, 3.05) is 20.8 Å². The van der Waals surface area contributed by atoms with Crippen molar-refractivity contribution < 1.29 is 41.7 Å². The summed E-state index contributed by atoms with van der Waals surface area (Å²) in [5.41, 5.74) is 2.07. The quantitative estimate of drug-likeness (QED) is 0.245. The van der Waals surface area contributed by atoms with Crippen molar-refractivity contribution in [3.8, 4) is 28.3 Å². The van der Waals surface area contributed by atoms with Gasteiger partial charge in [0.15, 0.2) is 11.9 Å². The number of ether oxygens (including phenoxy) is 5. The molecular weight excluding hydrogens is 531 g/mol. The highest BCUT2D eigenvalue weighted by atomic mass is 19.4. The van der Waals surface area contributed by atoms with Crippen LogP contribution >= 0.6 is 0 Å². The first-order valence-electron chi connectivity index (χ1n) is 12.5. The summed E-state index contributed by atoms with van der Waals surface area (Å²) in [6.07, 6.45) is -2.73. The van der Waals surface area contributed by atoms with Gasteiger partial charge >= 0.3 is 6.36 Å². The van der Waals surface area contributed by atoms with Crippen LogP contribution in [0.4, 0.5) is 13.2 Å². The Labute approximate surface area is 229 Å². The van der Waals surface area contributed by atoms with Gasteiger partial charge in [0.1, 0.15) is 18.0 Å². The van der Waals surface area contributed by atoms with Gasteiger partial charge in [-0.05, 0) is 25.5 Å². The minimum absolute atomic E-state index is 0.232. The molecule has 1 aliphatic heterocycles. The summed E-state index contributed by atoms with van der Waals surface area (Å²) in [5, 5.41) is 4.07. The summed E-state index contributed by atoms with van der Waals surface area (Å²) >= 11 is 0. The Bertz CT molecular complexity index is 1260. The number of rotatable bonds is 10. The van der Waals surface area contributed by atoms with Crippen LogP contribution in [0.1, 0.15) is 19.4 Å². The third-order valence-corrected chi connectivity index (χ3v) is 6.24. The first-order valence-corrected chi connectivity index (χ1v) is 12.5. The summed E-state index contributed by atoms with van der Waals surface area (Å²) in [6.45, 7) is 4.24. The number of hydrogen-bond donors (Lipinski definition) is 0. The molecular formula is C28H30F3N3O6. The molecule has 0 unspecified atom stereocenters. The van der Waals surface area contributed by atoms with Gasteiger partial charge in [0, 0.05) is 49.9 Å². The molecule has 0 bridgehead atoms. The third-order valence-electron chi connectivity index (χ3n) is 6.24. The second kappa shape index (κ2) is 13.2. The van der Waals surface area contributed by atoms with Crippen molar-refractivity contribution in [1.29, 1.82) is 0 Å². The minimum atomic E-state index is -4.81. The van der Waals surface area contributed by atoms with Crippen molar-refractivity contribution in [1.82, 2.24) is 9.97 Å². The highest BCUT2D eigenvalue weighted by molar-refractivity contribution is 5.80. The van der Waals surface area contributed by atoms with Crippen LogP contribution in [-0.4, -0.2) is 74.1 Å². The molecule has 0 spiro atoms. The van der Waals surface area contributed by atoms with Crippen LogP contribution in [0, 0.1) is 0 Å². The first kappa shape index (κ1) is 29.4. The van der Waals surface area contributed by atoms with Crippen LogP contribution in [-0.2, 0) is 23.8 Å². The van der Waals surface area contributed by atoms with Crippen LogP contribution in [0.15, 0.2) is 66.1 Å². The van der Waals surface area contributed by atoms with E-state index in [2.05, 4.69) is 19.9 Å². The lowest BCUT2D eigenvalue weighted by atomic mass is 9.99. The van der Waals surface area contributed by atoms with E-state index >= 15 is 0 Å². The van der Waals surface area contributed by atoms with E-state index in [1.54, 1.807) is 44.6 Å². The number of oxime groups is 1. The molecule has 40 heavy (non-hydrogen) atoms. The Morgan fingerprint density at radius 2 is 1.60 bits per heavy atom. The molecule has 0 aliphatic carbocycles. The second-order valence-electron chi connectivity index (χ2n) is 8.83. The first-order chi connectivity index (χ1) is 19.2. The van der Waals surface area contributed by atoms with Gasteiger partial charge < -0.3 is 28.5 Å². The predicted octanol–water partition coefficient (Wildman–Crippen LogP) is 5.24. The van der Waals surface area contributed by atoms with Crippen LogP contribution in [0.5, 0.6) is 5.75 Å². The lowest BCUT2D eigenvalue weighted by Crippen LogP contribution is -2.59. The molecule has 2 heterocycles. The van der Waals surface area contributed by atoms with Crippen molar-refractivity contribution in [2.24, 2.45) is 5.16 Å². The monoisotopic (exact) mass is 561 g/mol. The largest absolute Gasteiger partial charge is 0.573 e. The van der Waals surface area contributed by atoms with Crippen LogP contribution in [0.2, 0.25) is 0 Å². The fraction of sp³-hybridized carbons (Fsp3) is 0.393. The van der Waals surface area contributed by atoms with E-state index in [0.29, 0.717) is 23.6 Å². The lowest BCUT2D eigenvalue weighted by molar-refractivity contribution is -0.308. The SMILES string of the molecule is CCO[C@@H]1[C@@H](OC)[C@H](C)O[C@@H](O/N=C/c2ccc(-c3ncc(-c4ccccc4OC(F)(F)F)cn3)cc2)[C@@H]1OC. The van der Waals surface area contributed by atoms with Gasteiger partial charge in [0.05, 0.1) is 12.3 Å². The third kappa shape index (κ3) is 7.13. The van der Waals surface area contributed by atoms with Crippen LogP contribution in [0.3, 0.4) is 0 Å². The fourth-order valence-corrected chi connectivity index (χ4v) is 4.42. The molecule has 1 saturated heterocycles. The van der Waals surface area contributed by atoms with Crippen molar-refractivity contribution in [3.63, 3.8) is 0 Å². The summed E-state index contributed by atoms with van der Waals surface area (Å²) in [4.78, 5) is 14.3. The molecule has 0 radical (unpaired) electrons. The second-order valence-corrected chi connectivity index (χ2v) is 8.83. The maximum atomic E-state index is 12.8. The highest BCUT2D eigenvalue weighted by Crippen LogP contribution is 2.33. The van der Waals surface area contributed by atoms with Gasteiger partial charge in [-0.2, -0.15) is 0 Å². The van der Waals surface area contributed by atoms with E-state index in [1.807, 2.05) is 13.8 Å². The Hall–Kier alpha value is -3.58. The molecule has 1 aliphatic rings. The van der Waals surface area contributed by atoms with E-state index in [4.69, 9.17) is 23.8 Å². The van der Waals surface area contributed by atoms with Crippen LogP contribution < -0.4 is 4.74 Å². The Balaban J connectivity index is 1.41. The van der Waals surface area contributed by atoms with E-state index in [9.17, 15) is 13.2 Å². The molecule has 3 aromatic rings. The Kier molecular flexibility index (Phi) is 9.69. The van der Waals surface area contributed by atoms with Gasteiger partial charge in [0.2, 0.25) is 0 Å². The minimum Gasteiger partial charge on any atom is -0.405 e. The maximum absolute atomic E-state index is 12.8. The molecule has 214 valence electrons. The Morgan fingerprint density at radius 3 is 2.23 bits per heavy atom. The zero-order chi connectivity index (χ0) is 28.7. The molecule has 12 heteroatoms. The molecule has 1 fully saturated rings. The average Bonchev–Trinajstić information content (AvgIpc) is 2.93. The molecule has 0 N–H and O–H groups in total. The fourth-order valence-electron chi connectivity index (χ4n) is 4.42. The highest BCUT2D eigenvalue weighted by Gasteiger charge is 2.47. The number of aromatic nitrogens is 2. The van der Waals surface area contributed by atoms with Crippen molar-refractivity contribution in [2.45, 2.75) is 50.9 Å². The molecule has 5 atom stereocenters. The zero-order valence-electron chi connectivity index (χ0n) is 22.4. The summed E-state index contributed by atoms with van der Waals surface area (Å²) in [5.74, 6) is 0.0777. The number of hydrogen-bond acceptors (Lipinski definition) is 9. The molecule has 4 rings (SSSR count). The maximum Gasteiger partial charge on any atom is 0.573 e. The summed E-state index contributed by atoms with van der Waals surface area (Å²) < 4.78 is 65.3. The molecule has 1 aromatic heterocycles. The number of para-hydroxylation sites is 1. The van der Waals surface area contributed by atoms with E-state index in [-0.39, 0.29) is 29.6 Å². The van der Waals surface area contributed by atoms with Gasteiger partial charge in [0.25, 0.3) is 6.29 Å². The van der Waals surface area contributed by atoms with Crippen molar-refractivity contribution >= 4 is 6.21 Å². The van der Waals surface area contributed by atoms with E-state index in [0.717, 1.165) is 5.56 Å². The van der Waals surface area contributed by atoms with Crippen molar-refractivity contribution in [3.05, 3.63) is 66.5 Å². The zero-order valence-corrected chi connectivity index (χ0v) is 22.4. The van der Waals surface area contributed by atoms with E-state index in [1.165, 1.54) is 36.8 Å². The standard InChI is InChI=1S/C28H30F3N3O6/c1-5-37-24-23(35-3)17(2)38-27(25(24)36-4)40-34-14-18-10-12-19(13-11-18)26-32-15-20(16-33-26)21-8-6-7-9-22(21)39-28(29,30)31/h6-17,23-25,27H,5H2,1-4H3/b34-14+/t17-,23-,24+,25+,27-/m0/s1. The van der Waals surface area contributed by atoms with Crippen LogP contribution in [0.25, 0.3) is 22.5 Å². The predicted molar refractivity (Wildman–Crippen MR) is 140 cm³/mol. The normalized spacial score (nSPS) is 23.3. The molecule has 9 nitrogen and oxygen atoms in total. The van der Waals surface area contributed by atoms with Gasteiger partial charge in [-0.1, -0.05) is 47.6 Å². The lowest BCUT2D eigenvalue weighted by Gasteiger charge is -2.42. The van der Waals surface area contributed by atoms with E-state index < -0.39 is 18.8 Å². The topological polar surface area (TPSA) is 93.5 Å². The Morgan fingerprint density at radius 1 is 0.925 bits per heavy atom. The summed E-state index contributed by atoms with van der Waals surface area (Å²) in [7, 11) is 3.14. The van der Waals surface area contributed by atoms with Gasteiger partial charge in [-0.15, -0.1) is 13.2 Å². The number of nitrogens with zero attached hydrogens (tertiary/aromatic N) is 3. The smallest absolute Gasteiger partial charge is 0.405 e. The average molecular weight is 562 g/mol. The number of methoxy groups -OCH3 is 2. The van der Waals surface area contributed by atoms with Gasteiger partial charge in [-0.25, -0.2) is 9.97 Å². The molecule has 2 aromatic carbocycles. The number of halogens is 3. The number of benzene rings is 2. The molecule has 0 amide bonds. The van der Waals surface area contributed by atoms with Gasteiger partial charge in [-0.3, -0.25) is 0 Å². The molecule has 0 saturated carbocycles.